The SMILES string of the molecule is C=C(/C=N\C(OC)=C(/C)C(=O)NC)c1cc(C)c2c(n1)C(C)(C)N(c1cnn(CC(F)(F)F)c1)C2=O. The van der Waals surface area contributed by atoms with E-state index in [0.29, 0.717) is 28.1 Å². The van der Waals surface area contributed by atoms with Gasteiger partial charge in [0.05, 0.1) is 47.1 Å². The molecule has 1 aliphatic heterocycles. The summed E-state index contributed by atoms with van der Waals surface area (Å²) in [6.45, 7) is 9.55. The van der Waals surface area contributed by atoms with Gasteiger partial charge in [-0.3, -0.25) is 19.2 Å². The number of rotatable bonds is 7. The van der Waals surface area contributed by atoms with E-state index in [1.165, 1.54) is 37.7 Å². The van der Waals surface area contributed by atoms with Gasteiger partial charge in [0.2, 0.25) is 5.88 Å². The second kappa shape index (κ2) is 9.59. The Morgan fingerprint density at radius 2 is 2.03 bits per heavy atom. The Kier molecular flexibility index (Phi) is 7.10. The standard InChI is InChI=1S/C24H27F3N6O3/c1-13-8-17(14(2)9-29-21(36-7)15(3)20(34)28-6)31-19-18(13)22(35)33(23(19,4)5)16-10-30-32(11-16)12-24(25,26)27/h8-11H,2,12H2,1,3-7H3,(H,28,34)/b21-15-,29-9-. The summed E-state index contributed by atoms with van der Waals surface area (Å²) in [6.07, 6.45) is -0.620. The summed E-state index contributed by atoms with van der Waals surface area (Å²) in [5.41, 5.74) is 1.80. The number of carbonyl (C=O) groups is 2. The number of amides is 2. The van der Waals surface area contributed by atoms with Crippen molar-refractivity contribution in [2.45, 2.75) is 46.0 Å². The van der Waals surface area contributed by atoms with Crippen LogP contribution in [0.15, 0.2) is 41.5 Å². The maximum atomic E-state index is 13.3. The van der Waals surface area contributed by atoms with Crippen molar-refractivity contribution in [1.82, 2.24) is 20.1 Å². The van der Waals surface area contributed by atoms with E-state index in [2.05, 4.69) is 27.0 Å². The van der Waals surface area contributed by atoms with Gasteiger partial charge in [-0.1, -0.05) is 6.58 Å². The average molecular weight is 505 g/mol. The normalized spacial score (nSPS) is 15.7. The van der Waals surface area contributed by atoms with Gasteiger partial charge in [0.15, 0.2) is 0 Å². The largest absolute Gasteiger partial charge is 0.481 e. The first-order chi connectivity index (χ1) is 16.7. The van der Waals surface area contributed by atoms with Gasteiger partial charge in [-0.15, -0.1) is 0 Å². The fourth-order valence-corrected chi connectivity index (χ4v) is 3.99. The van der Waals surface area contributed by atoms with Crippen LogP contribution in [0.3, 0.4) is 0 Å². The second-order valence-corrected chi connectivity index (χ2v) is 8.76. The number of aromatic nitrogens is 3. The molecular formula is C24H27F3N6O3. The van der Waals surface area contributed by atoms with Crippen molar-refractivity contribution in [2.24, 2.45) is 4.99 Å². The highest BCUT2D eigenvalue weighted by Gasteiger charge is 2.47. The van der Waals surface area contributed by atoms with Crippen LogP contribution in [0.2, 0.25) is 0 Å². The molecule has 36 heavy (non-hydrogen) atoms. The number of aryl methyl sites for hydroxylation is 1. The van der Waals surface area contributed by atoms with Crippen molar-refractivity contribution in [3.05, 3.63) is 59.0 Å². The van der Waals surface area contributed by atoms with Crippen LogP contribution in [-0.2, 0) is 21.6 Å². The van der Waals surface area contributed by atoms with E-state index in [0.717, 1.165) is 4.68 Å². The van der Waals surface area contributed by atoms with Crippen molar-refractivity contribution in [3.63, 3.8) is 0 Å². The highest BCUT2D eigenvalue weighted by atomic mass is 19.4. The highest BCUT2D eigenvalue weighted by molar-refractivity contribution is 6.13. The van der Waals surface area contributed by atoms with Crippen molar-refractivity contribution < 1.29 is 27.5 Å². The molecule has 12 heteroatoms. The fraction of sp³-hybridized carbons (Fsp3) is 0.375. The third kappa shape index (κ3) is 5.02. The molecule has 3 heterocycles. The molecule has 0 fully saturated rings. The number of nitrogens with one attached hydrogen (secondary N) is 1. The Morgan fingerprint density at radius 1 is 1.36 bits per heavy atom. The summed E-state index contributed by atoms with van der Waals surface area (Å²) >= 11 is 0. The number of methoxy groups -OCH3 is 1. The van der Waals surface area contributed by atoms with Crippen molar-refractivity contribution >= 4 is 29.3 Å². The number of nitrogens with zero attached hydrogens (tertiary/aromatic N) is 5. The number of carbonyl (C=O) groups excluding carboxylic acids is 2. The van der Waals surface area contributed by atoms with Gasteiger partial charge in [0.1, 0.15) is 6.54 Å². The van der Waals surface area contributed by atoms with Crippen LogP contribution in [-0.4, -0.2) is 53.1 Å². The van der Waals surface area contributed by atoms with Crippen LogP contribution >= 0.6 is 0 Å². The van der Waals surface area contributed by atoms with E-state index in [1.54, 1.807) is 33.8 Å². The molecule has 9 nitrogen and oxygen atoms in total. The van der Waals surface area contributed by atoms with Gasteiger partial charge in [0, 0.05) is 25.0 Å². The minimum Gasteiger partial charge on any atom is -0.481 e. The Balaban J connectivity index is 1.97. The monoisotopic (exact) mass is 504 g/mol. The summed E-state index contributed by atoms with van der Waals surface area (Å²) in [7, 11) is 2.88. The molecule has 0 spiro atoms. The fourth-order valence-electron chi connectivity index (χ4n) is 3.99. The molecule has 2 aromatic rings. The number of aliphatic imine (C=N–C) groups is 1. The number of fused-ring (bicyclic) bond motifs is 1. The molecule has 1 N–H and O–H groups in total. The van der Waals surface area contributed by atoms with Gasteiger partial charge in [-0.2, -0.15) is 18.3 Å². The number of ether oxygens (including phenoxy) is 1. The van der Waals surface area contributed by atoms with Crippen LogP contribution < -0.4 is 10.2 Å². The zero-order valence-electron chi connectivity index (χ0n) is 20.8. The number of allylic oxidation sites excluding steroid dienone is 1. The molecule has 0 unspecified atom stereocenters. The van der Waals surface area contributed by atoms with E-state index in [9.17, 15) is 22.8 Å². The second-order valence-electron chi connectivity index (χ2n) is 8.76. The lowest BCUT2D eigenvalue weighted by Crippen LogP contribution is -2.39. The average Bonchev–Trinajstić information content (AvgIpc) is 3.30. The smallest absolute Gasteiger partial charge is 0.408 e. The summed E-state index contributed by atoms with van der Waals surface area (Å²) in [4.78, 5) is 35.5. The van der Waals surface area contributed by atoms with Crippen LogP contribution in [0.25, 0.3) is 5.57 Å². The summed E-state index contributed by atoms with van der Waals surface area (Å²) < 4.78 is 44.3. The molecule has 0 aliphatic carbocycles. The van der Waals surface area contributed by atoms with Gasteiger partial charge in [0.25, 0.3) is 11.8 Å². The van der Waals surface area contributed by atoms with Crippen molar-refractivity contribution in [2.75, 3.05) is 19.1 Å². The number of hydrogen-bond acceptors (Lipinski definition) is 6. The molecule has 0 radical (unpaired) electrons. The zero-order chi connectivity index (χ0) is 27.0. The number of alkyl halides is 3. The van der Waals surface area contributed by atoms with Crippen LogP contribution in [0.1, 0.15) is 48.1 Å². The Labute approximate surface area is 206 Å². The topological polar surface area (TPSA) is 102 Å². The summed E-state index contributed by atoms with van der Waals surface area (Å²) in [6, 6.07) is 1.68. The minimum absolute atomic E-state index is 0.103. The van der Waals surface area contributed by atoms with E-state index < -0.39 is 18.3 Å². The highest BCUT2D eigenvalue weighted by Crippen LogP contribution is 2.42. The maximum absolute atomic E-state index is 13.3. The predicted octanol–water partition coefficient (Wildman–Crippen LogP) is 3.75. The lowest BCUT2D eigenvalue weighted by Gasteiger charge is -2.30. The Morgan fingerprint density at radius 3 is 2.61 bits per heavy atom. The molecule has 0 saturated carbocycles. The molecule has 0 aromatic carbocycles. The number of pyridine rings is 1. The van der Waals surface area contributed by atoms with E-state index in [4.69, 9.17) is 4.74 Å². The zero-order valence-corrected chi connectivity index (χ0v) is 20.8. The first-order valence-corrected chi connectivity index (χ1v) is 10.9. The van der Waals surface area contributed by atoms with Crippen molar-refractivity contribution in [3.8, 4) is 0 Å². The Bertz CT molecular complexity index is 1290. The first kappa shape index (κ1) is 26.6. The lowest BCUT2D eigenvalue weighted by atomic mass is 9.96. The van der Waals surface area contributed by atoms with Crippen LogP contribution in [0.5, 0.6) is 0 Å². The molecule has 1 aliphatic rings. The number of likely N-dealkylation sites (N-methyl/N-ethyl adjacent to an activating group) is 1. The van der Waals surface area contributed by atoms with E-state index >= 15 is 0 Å². The van der Waals surface area contributed by atoms with Gasteiger partial charge in [-0.05, 0) is 39.3 Å². The van der Waals surface area contributed by atoms with Crippen molar-refractivity contribution in [1.29, 1.82) is 0 Å². The third-order valence-corrected chi connectivity index (χ3v) is 5.74. The molecule has 0 saturated heterocycles. The van der Waals surface area contributed by atoms with E-state index in [1.807, 2.05) is 0 Å². The van der Waals surface area contributed by atoms with Gasteiger partial charge < -0.3 is 10.1 Å². The maximum Gasteiger partial charge on any atom is 0.408 e. The quantitative estimate of drug-likeness (QED) is 0.352. The lowest BCUT2D eigenvalue weighted by molar-refractivity contribution is -0.142. The van der Waals surface area contributed by atoms with Crippen LogP contribution in [0, 0.1) is 6.92 Å². The first-order valence-electron chi connectivity index (χ1n) is 10.9. The molecule has 0 bridgehead atoms. The van der Waals surface area contributed by atoms with Gasteiger partial charge >= 0.3 is 6.18 Å². The molecule has 2 amide bonds. The molecule has 3 rings (SSSR count). The predicted molar refractivity (Wildman–Crippen MR) is 128 cm³/mol. The minimum atomic E-state index is -4.44. The number of anilines is 1. The molecule has 2 aromatic heterocycles. The molecular weight excluding hydrogens is 477 g/mol. The van der Waals surface area contributed by atoms with Gasteiger partial charge in [-0.25, -0.2) is 9.98 Å². The summed E-state index contributed by atoms with van der Waals surface area (Å²) in [5, 5.41) is 6.26. The number of halogens is 3. The van der Waals surface area contributed by atoms with Crippen LogP contribution in [0.4, 0.5) is 18.9 Å². The summed E-state index contributed by atoms with van der Waals surface area (Å²) in [5.74, 6) is -0.630. The number of hydrogen-bond donors (Lipinski definition) is 1. The Hall–Kier alpha value is -3.96. The molecule has 0 atom stereocenters. The van der Waals surface area contributed by atoms with E-state index in [-0.39, 0.29) is 29.0 Å². The molecule has 192 valence electrons. The third-order valence-electron chi connectivity index (χ3n) is 5.74.